The van der Waals surface area contributed by atoms with Gasteiger partial charge >= 0.3 is 5.97 Å². The lowest BCUT2D eigenvalue weighted by atomic mass is 9.84. The molecule has 0 spiro atoms. The van der Waals surface area contributed by atoms with E-state index in [1.54, 1.807) is 24.3 Å². The van der Waals surface area contributed by atoms with Gasteiger partial charge in [-0.1, -0.05) is 98.6 Å². The van der Waals surface area contributed by atoms with Crippen molar-refractivity contribution in [2.24, 2.45) is 0 Å². The normalized spacial score (nSPS) is 18.8. The van der Waals surface area contributed by atoms with Gasteiger partial charge < -0.3 is 4.74 Å². The molecule has 1 heterocycles. The number of ether oxygens (including phenoxy) is 1. The molecular weight excluding hydrogens is 482 g/mol. The van der Waals surface area contributed by atoms with E-state index in [2.05, 4.69) is 20.8 Å². The van der Waals surface area contributed by atoms with Gasteiger partial charge in [0.05, 0.1) is 29.7 Å². The summed E-state index contributed by atoms with van der Waals surface area (Å²) in [6.45, 7) is 10.3. The number of nitrogens with zero attached hydrogens (tertiary/aromatic N) is 1. The van der Waals surface area contributed by atoms with Crippen molar-refractivity contribution < 1.29 is 17.9 Å². The summed E-state index contributed by atoms with van der Waals surface area (Å²) < 4.78 is 35.4. The molecule has 3 aromatic carbocycles. The number of hydrogen-bond acceptors (Lipinski definition) is 4. The smallest absolute Gasteiger partial charge is 0.335 e. The van der Waals surface area contributed by atoms with Crippen molar-refractivity contribution in [3.05, 3.63) is 112 Å². The summed E-state index contributed by atoms with van der Waals surface area (Å²) in [5.41, 5.74) is 5.04. The zero-order chi connectivity index (χ0) is 27.0. The maximum Gasteiger partial charge on any atom is 0.335 e. The molecular formula is C31H35NO4S. The third-order valence-corrected chi connectivity index (χ3v) is 8.88. The van der Waals surface area contributed by atoms with E-state index in [4.69, 9.17) is 4.74 Å². The Morgan fingerprint density at radius 3 is 1.86 bits per heavy atom. The number of carbonyl (C=O) groups is 1. The summed E-state index contributed by atoms with van der Waals surface area (Å²) in [6, 6.07) is 21.3. The van der Waals surface area contributed by atoms with E-state index in [1.165, 1.54) is 11.4 Å². The van der Waals surface area contributed by atoms with Crippen LogP contribution in [0.2, 0.25) is 0 Å². The Labute approximate surface area is 220 Å². The topological polar surface area (TPSA) is 63.7 Å². The molecule has 0 radical (unpaired) electrons. The first-order valence-corrected chi connectivity index (χ1v) is 13.9. The van der Waals surface area contributed by atoms with Gasteiger partial charge in [0.15, 0.2) is 0 Å². The number of methoxy groups -OCH3 is 1. The average molecular weight is 518 g/mol. The molecule has 4 rings (SSSR count). The van der Waals surface area contributed by atoms with Crippen molar-refractivity contribution in [3.63, 3.8) is 0 Å². The van der Waals surface area contributed by atoms with Crippen LogP contribution < -0.4 is 0 Å². The lowest BCUT2D eigenvalue weighted by Gasteiger charge is -2.41. The van der Waals surface area contributed by atoms with Gasteiger partial charge in [0.2, 0.25) is 10.0 Å². The van der Waals surface area contributed by atoms with Crippen molar-refractivity contribution in [2.75, 3.05) is 7.11 Å². The molecule has 0 saturated heterocycles. The molecule has 0 unspecified atom stereocenters. The maximum atomic E-state index is 14.4. The zero-order valence-corrected chi connectivity index (χ0v) is 23.2. The summed E-state index contributed by atoms with van der Waals surface area (Å²) in [6.07, 6.45) is 2.19. The van der Waals surface area contributed by atoms with E-state index in [1.807, 2.05) is 68.5 Å². The highest BCUT2D eigenvalue weighted by Gasteiger charge is 2.44. The predicted octanol–water partition coefficient (Wildman–Crippen LogP) is 6.58. The number of benzene rings is 3. The van der Waals surface area contributed by atoms with Crippen molar-refractivity contribution >= 4 is 16.0 Å². The Balaban J connectivity index is 1.96. The molecule has 1 aliphatic heterocycles. The summed E-state index contributed by atoms with van der Waals surface area (Å²) >= 11 is 0. The van der Waals surface area contributed by atoms with Crippen LogP contribution in [0.4, 0.5) is 0 Å². The van der Waals surface area contributed by atoms with Crippen LogP contribution in [0, 0.1) is 13.8 Å². The molecule has 0 saturated carbocycles. The monoisotopic (exact) mass is 517 g/mol. The maximum absolute atomic E-state index is 14.4. The fourth-order valence-electron chi connectivity index (χ4n) is 4.79. The van der Waals surface area contributed by atoms with Crippen molar-refractivity contribution in [3.8, 4) is 0 Å². The average Bonchev–Trinajstić information content (AvgIpc) is 2.87. The van der Waals surface area contributed by atoms with Crippen molar-refractivity contribution in [1.82, 2.24) is 4.31 Å². The van der Waals surface area contributed by atoms with Crippen molar-refractivity contribution in [2.45, 2.75) is 63.4 Å². The fourth-order valence-corrected chi connectivity index (χ4v) is 6.56. The second kappa shape index (κ2) is 10.3. The fraction of sp³-hybridized carbons (Fsp3) is 0.323. The third-order valence-electron chi connectivity index (χ3n) is 6.99. The second-order valence-corrected chi connectivity index (χ2v) is 12.6. The first kappa shape index (κ1) is 26.8. The molecule has 37 heavy (non-hydrogen) atoms. The number of sulfonamides is 1. The van der Waals surface area contributed by atoms with E-state index in [9.17, 15) is 13.2 Å². The van der Waals surface area contributed by atoms with Crippen LogP contribution in [0.1, 0.15) is 67.1 Å². The van der Waals surface area contributed by atoms with E-state index >= 15 is 0 Å². The number of aryl methyl sites for hydroxylation is 2. The van der Waals surface area contributed by atoms with Gasteiger partial charge in [0.1, 0.15) is 0 Å². The first-order chi connectivity index (χ1) is 17.4. The van der Waals surface area contributed by atoms with Crippen LogP contribution >= 0.6 is 0 Å². The standard InChI is InChI=1S/C31H35NO4S/c1-21-7-11-23(12-8-21)28-20-19-27(30(33)36-6)29(24-13-15-25(16-14-24)31(3,4)5)32(28)37(34,35)26-17-9-22(2)10-18-26/h7-19,28-29H,20H2,1-6H3/t28-,29-/m1/s1. The molecule has 2 atom stereocenters. The number of hydrogen-bond donors (Lipinski definition) is 0. The zero-order valence-electron chi connectivity index (χ0n) is 22.4. The Kier molecular flexibility index (Phi) is 7.45. The van der Waals surface area contributed by atoms with E-state index in [-0.39, 0.29) is 10.3 Å². The minimum absolute atomic E-state index is 0.0653. The number of carbonyl (C=O) groups excluding carboxylic acids is 1. The minimum Gasteiger partial charge on any atom is -0.466 e. The van der Waals surface area contributed by atoms with Crippen LogP contribution in [0.3, 0.4) is 0 Å². The molecule has 0 bridgehead atoms. The van der Waals surface area contributed by atoms with Crippen LogP contribution in [0.25, 0.3) is 0 Å². The lowest BCUT2D eigenvalue weighted by Crippen LogP contribution is -2.42. The van der Waals surface area contributed by atoms with Crippen LogP contribution in [-0.4, -0.2) is 25.8 Å². The highest BCUT2D eigenvalue weighted by Crippen LogP contribution is 2.46. The Morgan fingerprint density at radius 2 is 1.35 bits per heavy atom. The SMILES string of the molecule is COC(=O)C1=CC[C@H](c2ccc(C)cc2)N(S(=O)(=O)c2ccc(C)cc2)[C@@H]1c1ccc(C(C)(C)C)cc1. The molecule has 194 valence electrons. The molecule has 0 aliphatic carbocycles. The largest absolute Gasteiger partial charge is 0.466 e. The minimum atomic E-state index is -4.01. The molecule has 1 aliphatic rings. The number of esters is 1. The quantitative estimate of drug-likeness (QED) is 0.359. The van der Waals surface area contributed by atoms with Crippen LogP contribution in [0.15, 0.2) is 89.3 Å². The highest BCUT2D eigenvalue weighted by molar-refractivity contribution is 7.89. The Morgan fingerprint density at radius 1 is 0.838 bits per heavy atom. The van der Waals surface area contributed by atoms with Crippen LogP contribution in [-0.2, 0) is 25.0 Å². The first-order valence-electron chi connectivity index (χ1n) is 12.5. The Hall–Kier alpha value is -3.22. The van der Waals surface area contributed by atoms with Gasteiger partial charge in [-0.15, -0.1) is 0 Å². The summed E-state index contributed by atoms with van der Waals surface area (Å²) in [5.74, 6) is -0.531. The van der Waals surface area contributed by atoms with E-state index in [0.717, 1.165) is 27.8 Å². The third kappa shape index (κ3) is 5.41. The number of rotatable bonds is 5. The summed E-state index contributed by atoms with van der Waals surface area (Å²) in [5, 5.41) is 0. The lowest BCUT2D eigenvalue weighted by molar-refractivity contribution is -0.137. The predicted molar refractivity (Wildman–Crippen MR) is 147 cm³/mol. The molecule has 0 N–H and O–H groups in total. The molecule has 3 aromatic rings. The van der Waals surface area contributed by atoms with Gasteiger partial charge in [0, 0.05) is 0 Å². The second-order valence-electron chi connectivity index (χ2n) is 10.7. The van der Waals surface area contributed by atoms with Gasteiger partial charge in [-0.2, -0.15) is 4.31 Å². The van der Waals surface area contributed by atoms with Gasteiger partial charge in [0.25, 0.3) is 0 Å². The van der Waals surface area contributed by atoms with Crippen molar-refractivity contribution in [1.29, 1.82) is 0 Å². The summed E-state index contributed by atoms with van der Waals surface area (Å²) in [7, 11) is -2.68. The highest BCUT2D eigenvalue weighted by atomic mass is 32.2. The Bertz CT molecular complexity index is 1400. The van der Waals surface area contributed by atoms with Gasteiger partial charge in [-0.05, 0) is 54.5 Å². The van der Waals surface area contributed by atoms with Crippen LogP contribution in [0.5, 0.6) is 0 Å². The molecule has 0 aromatic heterocycles. The van der Waals surface area contributed by atoms with Gasteiger partial charge in [-0.3, -0.25) is 0 Å². The summed E-state index contributed by atoms with van der Waals surface area (Å²) in [4.78, 5) is 13.2. The molecule has 5 nitrogen and oxygen atoms in total. The molecule has 0 fully saturated rings. The molecule has 0 amide bonds. The van der Waals surface area contributed by atoms with Gasteiger partial charge in [-0.25, -0.2) is 13.2 Å². The van der Waals surface area contributed by atoms with E-state index < -0.39 is 28.1 Å². The van der Waals surface area contributed by atoms with E-state index in [0.29, 0.717) is 12.0 Å². The molecule has 6 heteroatoms.